The summed E-state index contributed by atoms with van der Waals surface area (Å²) in [6.45, 7) is 0. The zero-order chi connectivity index (χ0) is 8.43. The molecule has 0 aliphatic carbocycles. The van der Waals surface area contributed by atoms with Crippen LogP contribution < -0.4 is 0 Å². The molecule has 0 amide bonds. The molecule has 3 nitrogen and oxygen atoms in total. The van der Waals surface area contributed by atoms with Crippen LogP contribution in [0.5, 0.6) is 5.75 Å². The van der Waals surface area contributed by atoms with E-state index in [9.17, 15) is 9.30 Å². The van der Waals surface area contributed by atoms with Crippen LogP contribution in [0.25, 0.3) is 0 Å². The maximum Gasteiger partial charge on any atom is 0.181 e. The average Bonchev–Trinajstić information content (AvgIpc) is 1.96. The normalized spacial score (nSPS) is 9.64. The van der Waals surface area contributed by atoms with Gasteiger partial charge in [-0.05, 0) is 17.3 Å². The second-order valence-corrected chi connectivity index (χ2v) is 2.28. The zero-order valence-electron chi connectivity index (χ0n) is 5.21. The molecule has 0 atom stereocenters. The number of nitrogens with zero attached hydrogens (tertiary/aromatic N) is 1. The van der Waals surface area contributed by atoms with Crippen LogP contribution in [0.15, 0.2) is 17.3 Å². The van der Waals surface area contributed by atoms with Crippen LogP contribution in [0.3, 0.4) is 0 Å². The molecule has 11 heavy (non-hydrogen) atoms. The lowest BCUT2D eigenvalue weighted by atomic mass is 10.3. The van der Waals surface area contributed by atoms with Crippen LogP contribution in [-0.4, -0.2) is 5.11 Å². The fraction of sp³-hybridized carbons (Fsp3) is 0. The quantitative estimate of drug-likeness (QED) is 0.667. The molecule has 0 spiro atoms. The minimum absolute atomic E-state index is 0.0231. The van der Waals surface area contributed by atoms with Gasteiger partial charge in [-0.1, -0.05) is 11.6 Å². The highest BCUT2D eigenvalue weighted by Gasteiger charge is 2.08. The molecule has 1 aromatic carbocycles. The minimum atomic E-state index is -0.952. The summed E-state index contributed by atoms with van der Waals surface area (Å²) in [6, 6.07) is 1.97. The Hall–Kier alpha value is -1.16. The molecule has 0 saturated heterocycles. The molecule has 5 heteroatoms. The van der Waals surface area contributed by atoms with E-state index in [2.05, 4.69) is 5.18 Å². The number of nitroso groups, excluding NO2 is 1. The van der Waals surface area contributed by atoms with Gasteiger partial charge in [0.1, 0.15) is 0 Å². The van der Waals surface area contributed by atoms with Crippen molar-refractivity contribution in [2.45, 2.75) is 0 Å². The first-order chi connectivity index (χ1) is 5.15. The van der Waals surface area contributed by atoms with Crippen molar-refractivity contribution in [3.63, 3.8) is 0 Å². The topological polar surface area (TPSA) is 49.7 Å². The lowest BCUT2D eigenvalue weighted by Crippen LogP contribution is -1.76. The van der Waals surface area contributed by atoms with Crippen molar-refractivity contribution in [2.75, 3.05) is 0 Å². The monoisotopic (exact) mass is 175 g/mol. The van der Waals surface area contributed by atoms with Crippen LogP contribution >= 0.6 is 11.6 Å². The largest absolute Gasteiger partial charge is 0.503 e. The lowest BCUT2D eigenvalue weighted by molar-refractivity contribution is 0.434. The van der Waals surface area contributed by atoms with Crippen molar-refractivity contribution in [1.29, 1.82) is 0 Å². The Balaban J connectivity index is 3.35. The molecule has 0 heterocycles. The maximum atomic E-state index is 12.5. The molecular formula is C6H3ClFNO2. The fourth-order valence-electron chi connectivity index (χ4n) is 0.622. The first kappa shape index (κ1) is 7.94. The predicted molar refractivity (Wildman–Crippen MR) is 38.5 cm³/mol. The standard InChI is InChI=1S/C6H3ClFNO2/c7-3-1-4(8)6(10)5(2-3)9-11/h1-2,10H. The van der Waals surface area contributed by atoms with Crippen molar-refractivity contribution in [2.24, 2.45) is 5.18 Å². The van der Waals surface area contributed by atoms with Crippen LogP contribution in [0.2, 0.25) is 5.02 Å². The Morgan fingerprint density at radius 3 is 2.73 bits per heavy atom. The number of halogens is 2. The molecule has 0 aliphatic rings. The Kier molecular flexibility index (Phi) is 2.05. The van der Waals surface area contributed by atoms with Crippen molar-refractivity contribution >= 4 is 17.3 Å². The summed E-state index contributed by atoms with van der Waals surface area (Å²) in [7, 11) is 0. The zero-order valence-corrected chi connectivity index (χ0v) is 5.97. The summed E-state index contributed by atoms with van der Waals surface area (Å²) >= 11 is 5.35. The third-order valence-corrected chi connectivity index (χ3v) is 1.32. The molecule has 0 unspecified atom stereocenters. The van der Waals surface area contributed by atoms with Crippen LogP contribution in [0.1, 0.15) is 0 Å². The third-order valence-electron chi connectivity index (χ3n) is 1.11. The molecule has 0 radical (unpaired) electrons. The summed E-state index contributed by atoms with van der Waals surface area (Å²) in [5.74, 6) is -1.73. The molecule has 0 saturated carbocycles. The first-order valence-corrected chi connectivity index (χ1v) is 3.04. The fourth-order valence-corrected chi connectivity index (χ4v) is 0.821. The van der Waals surface area contributed by atoms with E-state index in [4.69, 9.17) is 16.7 Å². The highest BCUT2D eigenvalue weighted by Crippen LogP contribution is 2.31. The van der Waals surface area contributed by atoms with Crippen LogP contribution in [0.4, 0.5) is 10.1 Å². The molecule has 0 aromatic heterocycles. The van der Waals surface area contributed by atoms with Crippen LogP contribution in [0, 0.1) is 10.7 Å². The van der Waals surface area contributed by atoms with E-state index in [0.717, 1.165) is 12.1 Å². The van der Waals surface area contributed by atoms with Crippen molar-refractivity contribution in [3.05, 3.63) is 27.9 Å². The van der Waals surface area contributed by atoms with Gasteiger partial charge in [-0.3, -0.25) is 0 Å². The van der Waals surface area contributed by atoms with Gasteiger partial charge in [-0.25, -0.2) is 4.39 Å². The number of hydrogen-bond acceptors (Lipinski definition) is 3. The van der Waals surface area contributed by atoms with E-state index >= 15 is 0 Å². The molecule has 1 N–H and O–H groups in total. The van der Waals surface area contributed by atoms with Crippen molar-refractivity contribution in [1.82, 2.24) is 0 Å². The van der Waals surface area contributed by atoms with E-state index in [1.807, 2.05) is 0 Å². The van der Waals surface area contributed by atoms with Gasteiger partial charge >= 0.3 is 0 Å². The Labute approximate surface area is 66.4 Å². The molecule has 58 valence electrons. The highest BCUT2D eigenvalue weighted by molar-refractivity contribution is 6.30. The first-order valence-electron chi connectivity index (χ1n) is 2.66. The molecule has 0 aliphatic heterocycles. The summed E-state index contributed by atoms with van der Waals surface area (Å²) in [5, 5.41) is 11.2. The lowest BCUT2D eigenvalue weighted by Gasteiger charge is -1.96. The van der Waals surface area contributed by atoms with Gasteiger partial charge in [0.05, 0.1) is 0 Å². The molecular weight excluding hydrogens is 173 g/mol. The molecule has 0 fully saturated rings. The number of aromatic hydroxyl groups is 1. The second kappa shape index (κ2) is 2.84. The number of rotatable bonds is 1. The number of benzene rings is 1. The Morgan fingerprint density at radius 2 is 2.18 bits per heavy atom. The second-order valence-electron chi connectivity index (χ2n) is 1.85. The smallest absolute Gasteiger partial charge is 0.181 e. The van der Waals surface area contributed by atoms with Gasteiger partial charge < -0.3 is 5.11 Å². The molecule has 1 rings (SSSR count). The van der Waals surface area contributed by atoms with Gasteiger partial charge in [0.2, 0.25) is 0 Å². The Bertz CT molecular complexity index is 303. The summed E-state index contributed by atoms with van der Waals surface area (Å²) < 4.78 is 12.5. The third kappa shape index (κ3) is 1.46. The number of phenolic OH excluding ortho intramolecular Hbond substituents is 1. The SMILES string of the molecule is O=Nc1cc(Cl)cc(F)c1O. The van der Waals surface area contributed by atoms with Crippen molar-refractivity contribution < 1.29 is 9.50 Å². The number of hydrogen-bond donors (Lipinski definition) is 1. The molecule has 0 bridgehead atoms. The van der Waals surface area contributed by atoms with Gasteiger partial charge in [0, 0.05) is 5.02 Å². The van der Waals surface area contributed by atoms with E-state index in [1.165, 1.54) is 0 Å². The summed E-state index contributed by atoms with van der Waals surface area (Å²) in [6.07, 6.45) is 0. The van der Waals surface area contributed by atoms with Gasteiger partial charge in [0.15, 0.2) is 17.3 Å². The Morgan fingerprint density at radius 1 is 1.55 bits per heavy atom. The van der Waals surface area contributed by atoms with Crippen LogP contribution in [-0.2, 0) is 0 Å². The van der Waals surface area contributed by atoms with Gasteiger partial charge in [-0.2, -0.15) is 0 Å². The van der Waals surface area contributed by atoms with E-state index < -0.39 is 17.3 Å². The van der Waals surface area contributed by atoms with E-state index in [-0.39, 0.29) is 5.02 Å². The summed E-state index contributed by atoms with van der Waals surface area (Å²) in [4.78, 5) is 9.90. The van der Waals surface area contributed by atoms with Crippen molar-refractivity contribution in [3.8, 4) is 5.75 Å². The number of phenols is 1. The average molecular weight is 176 g/mol. The summed E-state index contributed by atoms with van der Waals surface area (Å²) in [5.41, 5.74) is -0.394. The maximum absolute atomic E-state index is 12.5. The minimum Gasteiger partial charge on any atom is -0.503 e. The van der Waals surface area contributed by atoms with Gasteiger partial charge in [-0.15, -0.1) is 4.91 Å². The van der Waals surface area contributed by atoms with E-state index in [0.29, 0.717) is 0 Å². The predicted octanol–water partition coefficient (Wildman–Crippen LogP) is 2.58. The van der Waals surface area contributed by atoms with E-state index in [1.54, 1.807) is 0 Å². The molecule has 1 aromatic rings. The highest BCUT2D eigenvalue weighted by atomic mass is 35.5. The van der Waals surface area contributed by atoms with Gasteiger partial charge in [0.25, 0.3) is 0 Å².